The van der Waals surface area contributed by atoms with Gasteiger partial charge in [-0.2, -0.15) is 4.68 Å². The van der Waals surface area contributed by atoms with Crippen LogP contribution in [0.2, 0.25) is 0 Å². The van der Waals surface area contributed by atoms with Gasteiger partial charge in [-0.1, -0.05) is 30.2 Å². The number of allylic oxidation sites excluding steroid dienone is 1. The van der Waals surface area contributed by atoms with Crippen molar-refractivity contribution < 1.29 is 13.9 Å². The predicted molar refractivity (Wildman–Crippen MR) is 75.3 cm³/mol. The third-order valence-electron chi connectivity index (χ3n) is 3.56. The number of carbonyl (C=O) groups excluding carboxylic acids is 1. The zero-order valence-corrected chi connectivity index (χ0v) is 12.1. The Morgan fingerprint density at radius 2 is 2.23 bits per heavy atom. The van der Waals surface area contributed by atoms with E-state index in [2.05, 4.69) is 20.8 Å². The van der Waals surface area contributed by atoms with Crippen molar-refractivity contribution in [1.29, 1.82) is 0 Å². The molecule has 2 heterocycles. The van der Waals surface area contributed by atoms with Crippen molar-refractivity contribution in [3.05, 3.63) is 46.9 Å². The van der Waals surface area contributed by atoms with E-state index in [1.165, 1.54) is 17.9 Å². The second-order valence-electron chi connectivity index (χ2n) is 4.73. The summed E-state index contributed by atoms with van der Waals surface area (Å²) < 4.78 is 20.5. The fraction of sp³-hybridized carbons (Fsp3) is 0.286. The summed E-state index contributed by atoms with van der Waals surface area (Å²) in [6.07, 6.45) is 0.530. The minimum absolute atomic E-state index is 0.301. The highest BCUT2D eigenvalue weighted by molar-refractivity contribution is 5.92. The summed E-state index contributed by atoms with van der Waals surface area (Å²) in [6.45, 7) is 1.88. The first-order valence-electron chi connectivity index (χ1n) is 6.78. The molecule has 3 rings (SSSR count). The van der Waals surface area contributed by atoms with Crippen molar-refractivity contribution in [2.24, 2.45) is 0 Å². The number of esters is 1. The van der Waals surface area contributed by atoms with Crippen molar-refractivity contribution >= 4 is 11.9 Å². The molecule has 0 saturated heterocycles. The van der Waals surface area contributed by atoms with E-state index >= 15 is 0 Å². The molecule has 0 radical (unpaired) electrons. The van der Waals surface area contributed by atoms with Gasteiger partial charge in [0.15, 0.2) is 0 Å². The molecule has 1 aliphatic heterocycles. The number of ether oxygens (including phenoxy) is 1. The van der Waals surface area contributed by atoms with Gasteiger partial charge in [-0.25, -0.2) is 9.18 Å². The number of tetrazole rings is 1. The Balaban J connectivity index is 2.25. The van der Waals surface area contributed by atoms with Gasteiger partial charge >= 0.3 is 5.97 Å². The van der Waals surface area contributed by atoms with Crippen molar-refractivity contribution in [3.63, 3.8) is 0 Å². The molecule has 1 aliphatic rings. The van der Waals surface area contributed by atoms with Crippen LogP contribution in [0, 0.1) is 5.82 Å². The maximum absolute atomic E-state index is 14.3. The number of anilines is 1. The highest BCUT2D eigenvalue weighted by Gasteiger charge is 2.36. The van der Waals surface area contributed by atoms with Crippen molar-refractivity contribution in [2.75, 3.05) is 12.4 Å². The van der Waals surface area contributed by atoms with Crippen LogP contribution in [0.15, 0.2) is 35.5 Å². The second-order valence-corrected chi connectivity index (χ2v) is 4.73. The Bertz CT molecular complexity index is 755. The molecule has 8 heteroatoms. The summed E-state index contributed by atoms with van der Waals surface area (Å²) in [7, 11) is 1.29. The van der Waals surface area contributed by atoms with Gasteiger partial charge in [-0.05, 0) is 22.9 Å². The van der Waals surface area contributed by atoms with Crippen LogP contribution in [0.5, 0.6) is 0 Å². The smallest absolute Gasteiger partial charge is 0.338 e. The average molecular weight is 303 g/mol. The number of carbonyl (C=O) groups is 1. The standard InChI is InChI=1S/C14H14FN5O2/c1-3-10-11(13(21)22-2)12(8-6-4-5-7-9(8)15)20-14(16-10)17-18-19-20/h4-7,12H,3H2,1-2H3,(H,16,17,19). The number of fused-ring (bicyclic) bond motifs is 1. The van der Waals surface area contributed by atoms with Gasteiger partial charge in [0.25, 0.3) is 0 Å². The van der Waals surface area contributed by atoms with E-state index in [1.807, 2.05) is 6.92 Å². The topological polar surface area (TPSA) is 81.9 Å². The Morgan fingerprint density at radius 1 is 1.45 bits per heavy atom. The van der Waals surface area contributed by atoms with Crippen LogP contribution >= 0.6 is 0 Å². The Labute approximate surface area is 125 Å². The molecular weight excluding hydrogens is 289 g/mol. The lowest BCUT2D eigenvalue weighted by atomic mass is 9.94. The van der Waals surface area contributed by atoms with Gasteiger partial charge in [-0.3, -0.25) is 0 Å². The van der Waals surface area contributed by atoms with Crippen LogP contribution in [0.1, 0.15) is 24.9 Å². The van der Waals surface area contributed by atoms with Crippen molar-refractivity contribution in [1.82, 2.24) is 20.2 Å². The number of hydrogen-bond acceptors (Lipinski definition) is 6. The zero-order chi connectivity index (χ0) is 15.7. The second kappa shape index (κ2) is 5.55. The monoisotopic (exact) mass is 303 g/mol. The number of methoxy groups -OCH3 is 1. The largest absolute Gasteiger partial charge is 0.466 e. The third-order valence-corrected chi connectivity index (χ3v) is 3.56. The number of hydrogen-bond donors (Lipinski definition) is 1. The van der Waals surface area contributed by atoms with Gasteiger partial charge < -0.3 is 10.1 Å². The predicted octanol–water partition coefficient (Wildman–Crippen LogP) is 1.66. The van der Waals surface area contributed by atoms with Crippen LogP contribution in [-0.2, 0) is 9.53 Å². The normalized spacial score (nSPS) is 17.0. The van der Waals surface area contributed by atoms with E-state index in [0.29, 0.717) is 29.2 Å². The third kappa shape index (κ3) is 2.12. The van der Waals surface area contributed by atoms with E-state index < -0.39 is 17.8 Å². The molecule has 0 spiro atoms. The van der Waals surface area contributed by atoms with Crippen LogP contribution in [0.25, 0.3) is 0 Å². The fourth-order valence-corrected chi connectivity index (χ4v) is 2.55. The van der Waals surface area contributed by atoms with E-state index in [4.69, 9.17) is 4.74 Å². The summed E-state index contributed by atoms with van der Waals surface area (Å²) in [5.41, 5.74) is 1.22. The first kappa shape index (κ1) is 14.2. The molecule has 0 saturated carbocycles. The molecule has 0 bridgehead atoms. The van der Waals surface area contributed by atoms with E-state index in [1.54, 1.807) is 18.2 Å². The number of rotatable bonds is 3. The van der Waals surface area contributed by atoms with Gasteiger partial charge in [0.1, 0.15) is 11.9 Å². The number of nitrogens with zero attached hydrogens (tertiary/aromatic N) is 4. The van der Waals surface area contributed by atoms with Crippen LogP contribution in [-0.4, -0.2) is 33.3 Å². The van der Waals surface area contributed by atoms with E-state index in [-0.39, 0.29) is 0 Å². The highest BCUT2D eigenvalue weighted by Crippen LogP contribution is 2.36. The molecule has 114 valence electrons. The Kier molecular flexibility index (Phi) is 3.58. The number of aromatic nitrogens is 4. The highest BCUT2D eigenvalue weighted by atomic mass is 19.1. The molecule has 0 aliphatic carbocycles. The molecular formula is C14H14FN5O2. The van der Waals surface area contributed by atoms with Crippen LogP contribution in [0.4, 0.5) is 10.3 Å². The lowest BCUT2D eigenvalue weighted by Crippen LogP contribution is -2.30. The van der Waals surface area contributed by atoms with E-state index in [9.17, 15) is 9.18 Å². The maximum Gasteiger partial charge on any atom is 0.338 e. The summed E-state index contributed by atoms with van der Waals surface area (Å²) in [5, 5.41) is 14.3. The van der Waals surface area contributed by atoms with E-state index in [0.717, 1.165) is 0 Å². The van der Waals surface area contributed by atoms with Gasteiger partial charge in [0, 0.05) is 11.3 Å². The molecule has 1 aromatic heterocycles. The molecule has 1 N–H and O–H groups in total. The van der Waals surface area contributed by atoms with Crippen LogP contribution in [0.3, 0.4) is 0 Å². The number of halogens is 1. The van der Waals surface area contributed by atoms with Gasteiger partial charge in [-0.15, -0.1) is 0 Å². The van der Waals surface area contributed by atoms with Crippen molar-refractivity contribution in [2.45, 2.75) is 19.4 Å². The quantitative estimate of drug-likeness (QED) is 0.869. The first-order valence-corrected chi connectivity index (χ1v) is 6.78. The molecule has 0 amide bonds. The first-order chi connectivity index (χ1) is 10.7. The average Bonchev–Trinajstić information content (AvgIpc) is 3.01. The molecule has 1 aromatic carbocycles. The minimum atomic E-state index is -0.769. The summed E-state index contributed by atoms with van der Waals surface area (Å²) in [6, 6.07) is 5.46. The molecule has 1 atom stereocenters. The zero-order valence-electron chi connectivity index (χ0n) is 12.1. The van der Waals surface area contributed by atoms with Gasteiger partial charge in [0.2, 0.25) is 5.95 Å². The number of nitrogens with one attached hydrogen (secondary N) is 1. The molecule has 0 fully saturated rings. The fourth-order valence-electron chi connectivity index (χ4n) is 2.55. The molecule has 22 heavy (non-hydrogen) atoms. The van der Waals surface area contributed by atoms with Crippen LogP contribution < -0.4 is 5.32 Å². The molecule has 1 unspecified atom stereocenters. The lowest BCUT2D eigenvalue weighted by molar-refractivity contribution is -0.136. The van der Waals surface area contributed by atoms with Gasteiger partial charge in [0.05, 0.1) is 12.7 Å². The Hall–Kier alpha value is -2.77. The maximum atomic E-state index is 14.3. The summed E-state index contributed by atoms with van der Waals surface area (Å²) >= 11 is 0. The van der Waals surface area contributed by atoms with Crippen molar-refractivity contribution in [3.8, 4) is 0 Å². The SMILES string of the molecule is CCC1=C(C(=O)OC)C(c2ccccc2F)n2nnnc2N1. The Morgan fingerprint density at radius 3 is 2.91 bits per heavy atom. The molecule has 2 aromatic rings. The number of benzene rings is 1. The summed E-state index contributed by atoms with van der Waals surface area (Å²) in [5.74, 6) is -0.621. The molecule has 7 nitrogen and oxygen atoms in total. The lowest BCUT2D eigenvalue weighted by Gasteiger charge is -2.28. The summed E-state index contributed by atoms with van der Waals surface area (Å²) in [4.78, 5) is 12.2. The minimum Gasteiger partial charge on any atom is -0.466 e.